The fourth-order valence-electron chi connectivity index (χ4n) is 1.42. The predicted molar refractivity (Wildman–Crippen MR) is 80.4 cm³/mol. The van der Waals surface area contributed by atoms with Crippen LogP contribution in [0.5, 0.6) is 0 Å². The minimum absolute atomic E-state index is 0.0779. The number of benzene rings is 1. The highest BCUT2D eigenvalue weighted by Gasteiger charge is 2.07. The van der Waals surface area contributed by atoms with Crippen molar-refractivity contribution >= 4 is 33.1 Å². The van der Waals surface area contributed by atoms with E-state index in [0.29, 0.717) is 17.2 Å². The summed E-state index contributed by atoms with van der Waals surface area (Å²) in [7, 11) is -3.36. The number of hydrogen-bond acceptors (Lipinski definition) is 4. The van der Waals surface area contributed by atoms with Crippen molar-refractivity contribution in [2.45, 2.75) is 13.8 Å². The first-order valence-electron chi connectivity index (χ1n) is 5.82. The Labute approximate surface area is 118 Å². The van der Waals surface area contributed by atoms with Crippen molar-refractivity contribution in [3.63, 3.8) is 0 Å². The Morgan fingerprint density at radius 3 is 2.60 bits per heavy atom. The molecule has 0 spiro atoms. The molecule has 1 amide bonds. The molecule has 0 unspecified atom stereocenters. The molecule has 4 N–H and O–H groups in total. The van der Waals surface area contributed by atoms with Crippen LogP contribution in [0.25, 0.3) is 0 Å². The van der Waals surface area contributed by atoms with E-state index in [2.05, 4.69) is 15.0 Å². The van der Waals surface area contributed by atoms with Crippen molar-refractivity contribution in [1.82, 2.24) is 0 Å². The lowest BCUT2D eigenvalue weighted by molar-refractivity contribution is -0.114. The molecule has 0 heterocycles. The molecule has 0 aliphatic rings. The number of rotatable bonds is 5. The Hall–Kier alpha value is -2.09. The number of anilines is 2. The summed E-state index contributed by atoms with van der Waals surface area (Å²) in [6, 6.07) is 4.88. The number of nitrogens with one attached hydrogen (secondary N) is 2. The summed E-state index contributed by atoms with van der Waals surface area (Å²) >= 11 is 0. The van der Waals surface area contributed by atoms with Gasteiger partial charge in [0, 0.05) is 5.69 Å². The van der Waals surface area contributed by atoms with E-state index < -0.39 is 10.0 Å². The number of nitrogens with two attached hydrogens (primary N) is 1. The van der Waals surface area contributed by atoms with E-state index in [-0.39, 0.29) is 12.5 Å². The number of nitrogens with zero attached hydrogens (tertiary/aromatic N) is 1. The molecule has 0 radical (unpaired) electrons. The first-order valence-corrected chi connectivity index (χ1v) is 7.71. The largest absolute Gasteiger partial charge is 0.388 e. The van der Waals surface area contributed by atoms with Crippen LogP contribution >= 0.6 is 0 Å². The highest BCUT2D eigenvalue weighted by atomic mass is 32.2. The summed E-state index contributed by atoms with van der Waals surface area (Å²) in [5.74, 6) is -0.00114. The highest BCUT2D eigenvalue weighted by molar-refractivity contribution is 7.92. The molecule has 7 nitrogen and oxygen atoms in total. The number of carbonyl (C=O) groups excluding carboxylic acids is 1. The van der Waals surface area contributed by atoms with E-state index in [1.807, 2.05) is 0 Å². The van der Waals surface area contributed by atoms with E-state index in [9.17, 15) is 13.2 Å². The average Bonchev–Trinajstić information content (AvgIpc) is 2.29. The smallest absolute Gasteiger partial charge is 0.246 e. The van der Waals surface area contributed by atoms with Crippen LogP contribution in [-0.2, 0) is 14.8 Å². The maximum absolute atomic E-state index is 11.7. The molecule has 0 aliphatic heterocycles. The van der Waals surface area contributed by atoms with Crippen LogP contribution in [0.2, 0.25) is 0 Å². The fraction of sp³-hybridized carbons (Fsp3) is 0.333. The second kappa shape index (κ2) is 6.38. The third kappa shape index (κ3) is 5.70. The quantitative estimate of drug-likeness (QED) is 0.548. The molecular weight excluding hydrogens is 280 g/mol. The third-order valence-corrected chi connectivity index (χ3v) is 2.89. The summed E-state index contributed by atoms with van der Waals surface area (Å²) in [5, 5.41) is 2.66. The number of amides is 1. The lowest BCUT2D eigenvalue weighted by Crippen LogP contribution is -2.18. The second-order valence-corrected chi connectivity index (χ2v) is 6.16. The summed E-state index contributed by atoms with van der Waals surface area (Å²) in [6.45, 7) is 3.32. The Bertz CT molecular complexity index is 634. The van der Waals surface area contributed by atoms with Crippen molar-refractivity contribution in [1.29, 1.82) is 0 Å². The fourth-order valence-corrected chi connectivity index (χ4v) is 1.98. The van der Waals surface area contributed by atoms with Crippen molar-refractivity contribution in [3.8, 4) is 0 Å². The predicted octanol–water partition coefficient (Wildman–Crippen LogP) is 0.682. The zero-order valence-electron chi connectivity index (χ0n) is 11.6. The number of amidine groups is 1. The number of carbonyl (C=O) groups is 1. The van der Waals surface area contributed by atoms with Gasteiger partial charge in [0.15, 0.2) is 0 Å². The van der Waals surface area contributed by atoms with Crippen LogP contribution in [0.1, 0.15) is 12.5 Å². The van der Waals surface area contributed by atoms with Crippen molar-refractivity contribution in [3.05, 3.63) is 23.8 Å². The molecule has 1 rings (SSSR count). The van der Waals surface area contributed by atoms with Gasteiger partial charge >= 0.3 is 0 Å². The molecule has 1 aromatic rings. The molecule has 0 saturated heterocycles. The lowest BCUT2D eigenvalue weighted by atomic mass is 10.2. The van der Waals surface area contributed by atoms with Gasteiger partial charge in [0.1, 0.15) is 6.54 Å². The molecule has 0 saturated carbocycles. The summed E-state index contributed by atoms with van der Waals surface area (Å²) in [5.41, 5.74) is 7.06. The van der Waals surface area contributed by atoms with Gasteiger partial charge in [0.05, 0.1) is 17.8 Å². The standard InChI is InChI=1S/C12H18N4O3S/c1-8-4-5-10(16-20(3,18)19)6-11(8)15-12(17)7-14-9(2)13/h4-6,16H,7H2,1-3H3,(H2,13,14)(H,15,17). The SMILES string of the molecule is CC(N)=NCC(=O)Nc1cc(NS(C)(=O)=O)ccc1C. The van der Waals surface area contributed by atoms with Crippen LogP contribution in [-0.4, -0.2) is 33.0 Å². The zero-order chi connectivity index (χ0) is 15.3. The molecule has 1 aromatic carbocycles. The monoisotopic (exact) mass is 298 g/mol. The average molecular weight is 298 g/mol. The van der Waals surface area contributed by atoms with Gasteiger partial charge in [-0.15, -0.1) is 0 Å². The van der Waals surface area contributed by atoms with Gasteiger partial charge in [-0.05, 0) is 31.5 Å². The molecule has 0 bridgehead atoms. The molecule has 8 heteroatoms. The van der Waals surface area contributed by atoms with Crippen molar-refractivity contribution < 1.29 is 13.2 Å². The van der Waals surface area contributed by atoms with Gasteiger partial charge in [0.2, 0.25) is 15.9 Å². The molecule has 0 fully saturated rings. The minimum atomic E-state index is -3.36. The zero-order valence-corrected chi connectivity index (χ0v) is 12.4. The number of sulfonamides is 1. The maximum Gasteiger partial charge on any atom is 0.246 e. The lowest BCUT2D eigenvalue weighted by Gasteiger charge is -2.10. The van der Waals surface area contributed by atoms with Crippen LogP contribution in [0.3, 0.4) is 0 Å². The number of aryl methyl sites for hydroxylation is 1. The van der Waals surface area contributed by atoms with Gasteiger partial charge < -0.3 is 11.1 Å². The number of hydrogen-bond donors (Lipinski definition) is 3. The minimum Gasteiger partial charge on any atom is -0.388 e. The van der Waals surface area contributed by atoms with Gasteiger partial charge in [-0.2, -0.15) is 0 Å². The van der Waals surface area contributed by atoms with Gasteiger partial charge in [-0.3, -0.25) is 14.5 Å². The summed E-state index contributed by atoms with van der Waals surface area (Å²) < 4.78 is 24.7. The Morgan fingerprint density at radius 2 is 2.05 bits per heavy atom. The molecule has 0 aromatic heterocycles. The van der Waals surface area contributed by atoms with E-state index >= 15 is 0 Å². The van der Waals surface area contributed by atoms with Crippen LogP contribution in [0, 0.1) is 6.92 Å². The molecule has 0 atom stereocenters. The van der Waals surface area contributed by atoms with Crippen LogP contribution in [0.4, 0.5) is 11.4 Å². The summed E-state index contributed by atoms with van der Waals surface area (Å²) in [4.78, 5) is 15.5. The van der Waals surface area contributed by atoms with Crippen molar-refractivity contribution in [2.75, 3.05) is 22.8 Å². The Kier molecular flexibility index (Phi) is 5.09. The van der Waals surface area contributed by atoms with Crippen LogP contribution in [0.15, 0.2) is 23.2 Å². The second-order valence-electron chi connectivity index (χ2n) is 4.41. The molecule has 0 aliphatic carbocycles. The first kappa shape index (κ1) is 16.0. The highest BCUT2D eigenvalue weighted by Crippen LogP contribution is 2.20. The van der Waals surface area contributed by atoms with E-state index in [1.165, 1.54) is 0 Å². The van der Waals surface area contributed by atoms with E-state index in [4.69, 9.17) is 5.73 Å². The van der Waals surface area contributed by atoms with E-state index in [1.54, 1.807) is 32.0 Å². The summed E-state index contributed by atoms with van der Waals surface area (Å²) in [6.07, 6.45) is 1.06. The number of aliphatic imine (C=N–C) groups is 1. The Morgan fingerprint density at radius 1 is 1.40 bits per heavy atom. The normalized spacial score (nSPS) is 12.1. The van der Waals surface area contributed by atoms with Gasteiger partial charge in [-0.25, -0.2) is 8.42 Å². The van der Waals surface area contributed by atoms with Crippen molar-refractivity contribution in [2.24, 2.45) is 10.7 Å². The Balaban J connectivity index is 2.87. The van der Waals surface area contributed by atoms with Gasteiger partial charge in [-0.1, -0.05) is 6.07 Å². The third-order valence-electron chi connectivity index (χ3n) is 2.29. The van der Waals surface area contributed by atoms with Gasteiger partial charge in [0.25, 0.3) is 0 Å². The molecular formula is C12H18N4O3S. The molecule has 110 valence electrons. The maximum atomic E-state index is 11.7. The molecule has 20 heavy (non-hydrogen) atoms. The van der Waals surface area contributed by atoms with E-state index in [0.717, 1.165) is 11.8 Å². The first-order chi connectivity index (χ1) is 9.17. The topological polar surface area (TPSA) is 114 Å². The van der Waals surface area contributed by atoms with Crippen LogP contribution < -0.4 is 15.8 Å².